The summed E-state index contributed by atoms with van der Waals surface area (Å²) in [6.45, 7) is 8.26. The summed E-state index contributed by atoms with van der Waals surface area (Å²) in [5.41, 5.74) is 0.244. The van der Waals surface area contributed by atoms with E-state index in [-0.39, 0.29) is 12.2 Å². The number of alkyl halides is 3. The first-order chi connectivity index (χ1) is 55.5. The zero-order valence-corrected chi connectivity index (χ0v) is 68.4. The van der Waals surface area contributed by atoms with Crippen LogP contribution in [0.2, 0.25) is 0 Å². The predicted octanol–water partition coefficient (Wildman–Crippen LogP) is 1.67. The van der Waals surface area contributed by atoms with E-state index in [0.29, 0.717) is 5.56 Å². The van der Waals surface area contributed by atoms with E-state index in [1.54, 1.807) is 30.3 Å². The van der Waals surface area contributed by atoms with Gasteiger partial charge in [0.2, 0.25) is 15.6 Å². The fourth-order valence-electron chi connectivity index (χ4n) is 13.0. The van der Waals surface area contributed by atoms with E-state index < -0.39 is 280 Å². The average molecular weight is 1740 g/mol. The summed E-state index contributed by atoms with van der Waals surface area (Å²) in [5.74, 6) is -22.5. The molecule has 4 N–H and O–H groups in total. The summed E-state index contributed by atoms with van der Waals surface area (Å²) in [6, 6.07) is 9.49. The summed E-state index contributed by atoms with van der Waals surface area (Å²) in [6.07, 6.45) is -39.3. The second-order valence-electron chi connectivity index (χ2n) is 26.7. The SMILES string of the molecule is C=CCO[C@H]1O[C@H](CO[C@]2(C(=O)OC)C[C@H](OC(C)=O)[C@@H](NC(C)=O)[C@H]([C@H](OC(C)=O)[C@@H](COC(C)=O)OC(C)=O)O2)[C@@H](O)[C@H](O[C@@H]2O[C@H](COCc3ccccc3)[C@H](OC(C)=O)[C@H](O[C@]3(C(=O)OC)C[C@H](OC(C)=O)[C@@H](NC(C)=O)[C@H]([C@H](OC(C)=O)[C@@H](COC(C)=O)OC(C)=O)O3)[C@H]2OC(=O)c2ccccc2)[C@H]1NC(=O)OCC(Cl)(Cl)Cl. The van der Waals surface area contributed by atoms with Crippen molar-refractivity contribution in [1.29, 1.82) is 0 Å². The van der Waals surface area contributed by atoms with Crippen LogP contribution in [0.25, 0.3) is 0 Å². The van der Waals surface area contributed by atoms with Gasteiger partial charge in [-0.05, 0) is 17.7 Å². The van der Waals surface area contributed by atoms with Crippen LogP contribution >= 0.6 is 34.8 Å². The molecule has 4 saturated heterocycles. The Labute approximate surface area is 690 Å². The minimum atomic E-state index is -3.33. The van der Waals surface area contributed by atoms with Crippen LogP contribution in [0.15, 0.2) is 73.3 Å². The molecule has 4 heterocycles. The summed E-state index contributed by atoms with van der Waals surface area (Å²) in [5, 5.41) is 20.8. The lowest BCUT2D eigenvalue weighted by molar-refractivity contribution is -0.383. The van der Waals surface area contributed by atoms with Gasteiger partial charge in [0.05, 0.1) is 71.1 Å². The van der Waals surface area contributed by atoms with Gasteiger partial charge in [0, 0.05) is 76.2 Å². The zero-order valence-electron chi connectivity index (χ0n) is 66.2. The van der Waals surface area contributed by atoms with Crippen LogP contribution in [-0.4, -0.2) is 286 Å². The van der Waals surface area contributed by atoms with Crippen molar-refractivity contribution in [3.05, 3.63) is 84.4 Å². The van der Waals surface area contributed by atoms with Gasteiger partial charge in [-0.1, -0.05) is 89.4 Å². The molecular weight excluding hydrogens is 1650 g/mol. The number of carbonyl (C=O) groups excluding carboxylic acids is 15. The number of hydrogen-bond donors (Lipinski definition) is 4. The molecule has 4 aliphatic heterocycles. The normalized spacial score (nSPS) is 27.7. The van der Waals surface area contributed by atoms with E-state index in [9.17, 15) is 67.4 Å². The van der Waals surface area contributed by atoms with Gasteiger partial charge in [-0.15, -0.1) is 6.58 Å². The van der Waals surface area contributed by atoms with E-state index in [1.165, 1.54) is 36.4 Å². The van der Waals surface area contributed by atoms with Crippen LogP contribution in [0, 0.1) is 0 Å². The Morgan fingerprint density at radius 3 is 1.47 bits per heavy atom. The summed E-state index contributed by atoms with van der Waals surface area (Å²) >= 11 is 18.1. The highest BCUT2D eigenvalue weighted by Gasteiger charge is 2.66. The lowest BCUT2D eigenvalue weighted by Crippen LogP contribution is -2.72. The number of rotatable bonds is 37. The largest absolute Gasteiger partial charge is 0.465 e. The Kier molecular flexibility index (Phi) is 37.2. The van der Waals surface area contributed by atoms with Gasteiger partial charge < -0.3 is 125 Å². The molecule has 3 amide bonds. The number of aliphatic hydroxyl groups excluding tert-OH is 1. The van der Waals surface area contributed by atoms with Crippen LogP contribution in [0.1, 0.15) is 105 Å². The van der Waals surface area contributed by atoms with Crippen LogP contribution in [0.3, 0.4) is 0 Å². The maximum Gasteiger partial charge on any atom is 0.407 e. The number of carbonyl (C=O) groups is 15. The maximum absolute atomic E-state index is 15.5. The van der Waals surface area contributed by atoms with Crippen LogP contribution in [0.5, 0.6) is 0 Å². The number of benzene rings is 2. The fourth-order valence-corrected chi connectivity index (χ4v) is 13.2. The number of alkyl carbamates (subject to hydrolysis) is 1. The van der Waals surface area contributed by atoms with Gasteiger partial charge in [0.25, 0.3) is 11.6 Å². The van der Waals surface area contributed by atoms with Crippen molar-refractivity contribution >= 4 is 124 Å². The molecule has 4 fully saturated rings. The third-order valence-corrected chi connectivity index (χ3v) is 17.7. The van der Waals surface area contributed by atoms with Crippen molar-refractivity contribution in [2.45, 2.75) is 233 Å². The standard InChI is InChI=1S/C74H94Cl3N3O38/c1-15-26-100-67-56(80-71(96)103-34-74(75,76)77)61(57(92)50(112-67)33-104-72(69(94)97-13)27-48(105-39(6)85)54(78-35(2)81)62(116-72)58(109-43(10)89)52(107-41(8)87)31-101-37(4)83)115-68-65(114-66(93)47-24-20-17-21-25-47)64(60(111-45(12)91)51(113-68)30-99-29-46-22-18-16-19-23-46)118-73(70(95)98-14)28-49(106-40(7)86)55(79-36(3)82)63(117-73)59(110-44(11)90)53(108-42(9)88)32-102-38(5)84/h15-25,48-65,67-68,92H,1,26-34H2,2-14H3,(H,78,81)(H,79,82)(H,80,96)/t48-,49-,50+,51+,52+,53+,54+,55+,56+,57+,58+,59+,60-,61+,62+,63+,64-,65+,67-,68-,72+,73-/m0/s1. The topological polar surface area (TPSA) is 515 Å². The monoisotopic (exact) mass is 1740 g/mol. The van der Waals surface area contributed by atoms with Crippen LogP contribution in [0.4, 0.5) is 4.79 Å². The highest BCUT2D eigenvalue weighted by atomic mass is 35.6. The Morgan fingerprint density at radius 1 is 0.534 bits per heavy atom. The second-order valence-corrected chi connectivity index (χ2v) is 29.2. The number of halogens is 3. The fraction of sp³-hybridized carbons (Fsp3) is 0.608. The van der Waals surface area contributed by atoms with Crippen molar-refractivity contribution in [2.24, 2.45) is 0 Å². The van der Waals surface area contributed by atoms with Gasteiger partial charge in [-0.25, -0.2) is 19.2 Å². The Balaban J connectivity index is 1.70. The average Bonchev–Trinajstić information content (AvgIpc) is 0.742. The first kappa shape index (κ1) is 97.3. The molecule has 0 bridgehead atoms. The number of amides is 3. The van der Waals surface area contributed by atoms with Crippen molar-refractivity contribution in [2.75, 3.05) is 53.9 Å². The van der Waals surface area contributed by atoms with Gasteiger partial charge in [-0.2, -0.15) is 0 Å². The first-order valence-electron chi connectivity index (χ1n) is 36.1. The summed E-state index contributed by atoms with van der Waals surface area (Å²) in [4.78, 5) is 204. The van der Waals surface area contributed by atoms with Crippen LogP contribution < -0.4 is 16.0 Å². The Bertz CT molecular complexity index is 3860. The van der Waals surface area contributed by atoms with Gasteiger partial charge in [0.1, 0.15) is 80.8 Å². The smallest absolute Gasteiger partial charge is 0.407 e. The maximum atomic E-state index is 15.5. The number of ether oxygens (including phenoxy) is 22. The molecule has 2 aromatic carbocycles. The van der Waals surface area contributed by atoms with Gasteiger partial charge in [0.15, 0.2) is 49.2 Å². The number of hydrogen-bond acceptors (Lipinski definition) is 38. The molecule has 118 heavy (non-hydrogen) atoms. The number of nitrogens with one attached hydrogen (secondary N) is 3. The molecule has 654 valence electrons. The predicted molar refractivity (Wildman–Crippen MR) is 391 cm³/mol. The van der Waals surface area contributed by atoms with E-state index in [1.807, 2.05) is 0 Å². The van der Waals surface area contributed by atoms with E-state index in [2.05, 4.69) is 22.5 Å². The molecule has 4 aliphatic rings. The Morgan fingerprint density at radius 2 is 1.01 bits per heavy atom. The number of methoxy groups -OCH3 is 2. The number of esters is 12. The third kappa shape index (κ3) is 28.6. The number of aliphatic hydroxyl groups is 1. The first-order valence-corrected chi connectivity index (χ1v) is 37.3. The van der Waals surface area contributed by atoms with Crippen molar-refractivity contribution < 1.29 is 181 Å². The van der Waals surface area contributed by atoms with Crippen molar-refractivity contribution in [3.8, 4) is 0 Å². The minimum Gasteiger partial charge on any atom is -0.465 e. The molecule has 2 aromatic rings. The lowest BCUT2D eigenvalue weighted by Gasteiger charge is -2.52. The molecule has 22 atom stereocenters. The molecule has 0 radical (unpaired) electrons. The van der Waals surface area contributed by atoms with E-state index in [4.69, 9.17) is 139 Å². The highest BCUT2D eigenvalue weighted by molar-refractivity contribution is 6.67. The van der Waals surface area contributed by atoms with Gasteiger partial charge in [-0.3, -0.25) is 52.7 Å². The summed E-state index contributed by atoms with van der Waals surface area (Å²) < 4.78 is 130. The van der Waals surface area contributed by atoms with Crippen molar-refractivity contribution in [3.63, 3.8) is 0 Å². The summed E-state index contributed by atoms with van der Waals surface area (Å²) in [7, 11) is 1.64. The molecule has 44 heteroatoms. The van der Waals surface area contributed by atoms with Gasteiger partial charge >= 0.3 is 77.7 Å². The quantitative estimate of drug-likeness (QED) is 0.0323. The zero-order chi connectivity index (χ0) is 87.7. The highest BCUT2D eigenvalue weighted by Crippen LogP contribution is 2.44. The molecule has 0 spiro atoms. The molecule has 6 rings (SSSR count). The lowest BCUT2D eigenvalue weighted by atomic mass is 9.87. The molecule has 0 unspecified atom stereocenters. The molecule has 0 saturated carbocycles. The molecular formula is C74H94Cl3N3O38. The molecule has 0 aromatic heterocycles. The molecule has 41 nitrogen and oxygen atoms in total. The van der Waals surface area contributed by atoms with Crippen LogP contribution in [-0.2, 0) is 173 Å². The Hall–Kier alpha value is -9.50. The minimum absolute atomic E-state index is 0.274. The molecule has 0 aliphatic carbocycles. The van der Waals surface area contributed by atoms with Crippen molar-refractivity contribution in [1.82, 2.24) is 16.0 Å². The second kappa shape index (κ2) is 45.1. The third-order valence-electron chi connectivity index (χ3n) is 17.3. The van der Waals surface area contributed by atoms with E-state index >= 15 is 9.59 Å². The van der Waals surface area contributed by atoms with E-state index in [0.717, 1.165) is 90.4 Å².